The van der Waals surface area contributed by atoms with E-state index < -0.39 is 35.6 Å². The maximum Gasteiger partial charge on any atom is 0.299 e. The lowest BCUT2D eigenvalue weighted by molar-refractivity contribution is -0.120. The van der Waals surface area contributed by atoms with Gasteiger partial charge in [-0.15, -0.1) is 0 Å². The molecule has 0 aliphatic heterocycles. The standard InChI is InChI=1S/C11H10N2O9S2/c1-6-2-8(23(16,17)18)9(24(19,20)21)3-7(6)13-11(15)4-10(12-13)22-5-14/h2-5,12H,1H3,(H,16,17,18)(H,19,20,21). The first-order valence-corrected chi connectivity index (χ1v) is 8.85. The van der Waals surface area contributed by atoms with Gasteiger partial charge < -0.3 is 4.74 Å². The van der Waals surface area contributed by atoms with E-state index in [2.05, 4.69) is 9.84 Å². The maximum atomic E-state index is 11.9. The number of aromatic amines is 1. The highest BCUT2D eigenvalue weighted by Gasteiger charge is 2.26. The Kier molecular flexibility index (Phi) is 4.36. The lowest BCUT2D eigenvalue weighted by atomic mass is 10.2. The summed E-state index contributed by atoms with van der Waals surface area (Å²) in [6.07, 6.45) is 0. The van der Waals surface area contributed by atoms with Crippen LogP contribution in [0.4, 0.5) is 0 Å². The number of H-pyrrole nitrogens is 1. The second kappa shape index (κ2) is 5.86. The summed E-state index contributed by atoms with van der Waals surface area (Å²) in [6.45, 7) is 1.37. The zero-order valence-electron chi connectivity index (χ0n) is 11.8. The summed E-state index contributed by atoms with van der Waals surface area (Å²) in [5.41, 5.74) is -0.840. The van der Waals surface area contributed by atoms with Gasteiger partial charge in [0.05, 0.1) is 11.8 Å². The zero-order chi connectivity index (χ0) is 18.3. The molecule has 0 saturated carbocycles. The number of aryl methyl sites for hydroxylation is 1. The number of hydrogen-bond acceptors (Lipinski definition) is 7. The lowest BCUT2D eigenvalue weighted by Gasteiger charge is -2.11. The summed E-state index contributed by atoms with van der Waals surface area (Å²) < 4.78 is 68.9. The molecule has 0 saturated heterocycles. The molecule has 2 rings (SSSR count). The molecular weight excluding hydrogens is 368 g/mol. The van der Waals surface area contributed by atoms with Crippen LogP contribution < -0.4 is 10.3 Å². The fourth-order valence-corrected chi connectivity index (χ4v) is 3.80. The fourth-order valence-electron chi connectivity index (χ4n) is 1.96. The van der Waals surface area contributed by atoms with E-state index in [1.807, 2.05) is 0 Å². The molecule has 0 amide bonds. The minimum absolute atomic E-state index is 0.0491. The molecule has 0 fully saturated rings. The lowest BCUT2D eigenvalue weighted by Crippen LogP contribution is -2.17. The molecule has 13 heteroatoms. The highest BCUT2D eigenvalue weighted by molar-refractivity contribution is 7.89. The van der Waals surface area contributed by atoms with Crippen LogP contribution in [0.3, 0.4) is 0 Å². The SMILES string of the molecule is Cc1cc(S(=O)(=O)O)c(S(=O)(=O)O)cc1-n1[nH]c(OC=O)cc1=O. The van der Waals surface area contributed by atoms with Crippen LogP contribution in [0.25, 0.3) is 5.69 Å². The van der Waals surface area contributed by atoms with E-state index in [4.69, 9.17) is 4.55 Å². The number of rotatable bonds is 5. The Hall–Kier alpha value is -2.48. The maximum absolute atomic E-state index is 11.9. The Balaban J connectivity index is 2.83. The van der Waals surface area contributed by atoms with Crippen molar-refractivity contribution in [3.8, 4) is 11.6 Å². The van der Waals surface area contributed by atoms with Crippen LogP contribution in [0, 0.1) is 6.92 Å². The van der Waals surface area contributed by atoms with Crippen LogP contribution in [0.2, 0.25) is 0 Å². The van der Waals surface area contributed by atoms with Crippen molar-refractivity contribution < 1.29 is 35.5 Å². The predicted molar refractivity (Wildman–Crippen MR) is 77.4 cm³/mol. The molecule has 1 heterocycles. The molecule has 2 aromatic rings. The fraction of sp³-hybridized carbons (Fsp3) is 0.0909. The van der Waals surface area contributed by atoms with Crippen LogP contribution in [0.1, 0.15) is 5.56 Å². The molecule has 0 bridgehead atoms. The number of ether oxygens (including phenoxy) is 1. The highest BCUT2D eigenvalue weighted by Crippen LogP contribution is 2.26. The van der Waals surface area contributed by atoms with Crippen LogP contribution in [-0.2, 0) is 25.0 Å². The number of hydrogen-bond donors (Lipinski definition) is 3. The van der Waals surface area contributed by atoms with E-state index >= 15 is 0 Å². The van der Waals surface area contributed by atoms with E-state index in [-0.39, 0.29) is 23.6 Å². The Morgan fingerprint density at radius 1 is 1.08 bits per heavy atom. The predicted octanol–water partition coefficient (Wildman–Crippen LogP) is -0.497. The van der Waals surface area contributed by atoms with Crippen LogP contribution in [-0.4, -0.2) is 42.2 Å². The topological polar surface area (TPSA) is 173 Å². The average molecular weight is 378 g/mol. The number of nitrogens with one attached hydrogen (secondary N) is 1. The van der Waals surface area contributed by atoms with Gasteiger partial charge in [-0.25, -0.2) is 4.68 Å². The second-order valence-corrected chi connectivity index (χ2v) is 7.32. The van der Waals surface area contributed by atoms with Crippen molar-refractivity contribution in [2.24, 2.45) is 0 Å². The van der Waals surface area contributed by atoms with Gasteiger partial charge in [-0.3, -0.25) is 23.8 Å². The third kappa shape index (κ3) is 3.38. The zero-order valence-corrected chi connectivity index (χ0v) is 13.5. The second-order valence-electron chi connectivity index (χ2n) is 4.54. The first kappa shape index (κ1) is 17.9. The van der Waals surface area contributed by atoms with Gasteiger partial charge in [-0.05, 0) is 24.6 Å². The molecule has 0 aliphatic carbocycles. The van der Waals surface area contributed by atoms with Crippen molar-refractivity contribution in [1.29, 1.82) is 0 Å². The molecule has 0 spiro atoms. The molecule has 24 heavy (non-hydrogen) atoms. The molecular formula is C11H10N2O9S2. The largest absolute Gasteiger partial charge is 0.410 e. The Morgan fingerprint density at radius 2 is 1.62 bits per heavy atom. The van der Waals surface area contributed by atoms with Gasteiger partial charge >= 0.3 is 0 Å². The third-order valence-electron chi connectivity index (χ3n) is 2.93. The van der Waals surface area contributed by atoms with Crippen molar-refractivity contribution in [3.63, 3.8) is 0 Å². The van der Waals surface area contributed by atoms with Crippen molar-refractivity contribution in [3.05, 3.63) is 34.1 Å². The minimum Gasteiger partial charge on any atom is -0.410 e. The molecule has 11 nitrogen and oxygen atoms in total. The third-order valence-corrected chi connectivity index (χ3v) is 4.85. The highest BCUT2D eigenvalue weighted by atomic mass is 32.2. The summed E-state index contributed by atoms with van der Waals surface area (Å²) >= 11 is 0. The minimum atomic E-state index is -5.04. The van der Waals surface area contributed by atoms with Crippen LogP contribution in [0.15, 0.2) is 32.8 Å². The molecule has 1 aromatic carbocycles. The van der Waals surface area contributed by atoms with E-state index in [0.717, 1.165) is 16.8 Å². The molecule has 0 unspecified atom stereocenters. The average Bonchev–Trinajstić information content (AvgIpc) is 2.77. The Labute approximate surface area is 135 Å². The number of aromatic nitrogens is 2. The van der Waals surface area contributed by atoms with Crippen LogP contribution in [0.5, 0.6) is 5.88 Å². The van der Waals surface area contributed by atoms with Gasteiger partial charge in [-0.2, -0.15) is 16.8 Å². The Morgan fingerprint density at radius 3 is 2.12 bits per heavy atom. The molecule has 0 radical (unpaired) electrons. The summed E-state index contributed by atoms with van der Waals surface area (Å²) in [5.74, 6) is -0.248. The molecule has 0 aliphatic rings. The van der Waals surface area contributed by atoms with Crippen molar-refractivity contribution >= 4 is 26.7 Å². The van der Waals surface area contributed by atoms with E-state index in [9.17, 15) is 31.0 Å². The van der Waals surface area contributed by atoms with Gasteiger partial charge in [0.15, 0.2) is 0 Å². The van der Waals surface area contributed by atoms with Crippen molar-refractivity contribution in [1.82, 2.24) is 9.78 Å². The number of benzene rings is 1. The first-order valence-electron chi connectivity index (χ1n) is 5.97. The first-order chi connectivity index (χ1) is 10.9. The van der Waals surface area contributed by atoms with E-state index in [1.54, 1.807) is 0 Å². The Bertz CT molecular complexity index is 1080. The summed E-state index contributed by atoms with van der Waals surface area (Å²) in [6, 6.07) is 2.33. The van der Waals surface area contributed by atoms with E-state index in [1.165, 1.54) is 6.92 Å². The number of carbonyl (C=O) groups is 1. The molecule has 130 valence electrons. The van der Waals surface area contributed by atoms with Crippen molar-refractivity contribution in [2.45, 2.75) is 16.7 Å². The van der Waals surface area contributed by atoms with E-state index in [0.29, 0.717) is 6.07 Å². The van der Waals surface area contributed by atoms with Crippen molar-refractivity contribution in [2.75, 3.05) is 0 Å². The smallest absolute Gasteiger partial charge is 0.299 e. The quantitative estimate of drug-likeness (QED) is 0.458. The number of nitrogens with zero attached hydrogens (tertiary/aromatic N) is 1. The molecule has 1 aromatic heterocycles. The summed E-state index contributed by atoms with van der Waals surface area (Å²) in [4.78, 5) is 20.0. The van der Waals surface area contributed by atoms with Gasteiger partial charge in [0.2, 0.25) is 5.88 Å². The summed E-state index contributed by atoms with van der Waals surface area (Å²) in [5, 5.41) is 2.34. The van der Waals surface area contributed by atoms with Crippen LogP contribution >= 0.6 is 0 Å². The van der Waals surface area contributed by atoms with Gasteiger partial charge in [0, 0.05) is 0 Å². The number of carbonyl (C=O) groups excluding carboxylic acids is 1. The molecule has 3 N–H and O–H groups in total. The molecule has 0 atom stereocenters. The monoisotopic (exact) mass is 378 g/mol. The normalized spacial score (nSPS) is 12.1. The summed E-state index contributed by atoms with van der Waals surface area (Å²) in [7, 11) is -10.00. The van der Waals surface area contributed by atoms with Gasteiger partial charge in [0.25, 0.3) is 32.3 Å². The van der Waals surface area contributed by atoms with Gasteiger partial charge in [-0.1, -0.05) is 0 Å². The van der Waals surface area contributed by atoms with Gasteiger partial charge in [0.1, 0.15) is 9.79 Å².